The summed E-state index contributed by atoms with van der Waals surface area (Å²) in [4.78, 5) is 29.5. The van der Waals surface area contributed by atoms with Crippen LogP contribution in [0.15, 0.2) is 65.5 Å². The first-order valence-corrected chi connectivity index (χ1v) is 14.6. The highest BCUT2D eigenvalue weighted by Gasteiger charge is 2.32. The summed E-state index contributed by atoms with van der Waals surface area (Å²) in [6.07, 6.45) is 3.05. The molecule has 2 aromatic carbocycles. The Hall–Kier alpha value is -3.24. The van der Waals surface area contributed by atoms with Crippen molar-refractivity contribution in [2.45, 2.75) is 44.9 Å². The van der Waals surface area contributed by atoms with Gasteiger partial charge in [-0.05, 0) is 77.1 Å². The number of nitrogens with zero attached hydrogens (tertiary/aromatic N) is 1. The SMILES string of the molecule is CCCC(c1cc(-c2ccc(C#Cc3cscn3)cc2)sc1C(=O)O)C(C)C(CC=O)c1ccc(Cl)cc1. The van der Waals surface area contributed by atoms with Crippen LogP contribution < -0.4 is 0 Å². The summed E-state index contributed by atoms with van der Waals surface area (Å²) in [5.74, 6) is 5.24. The number of aromatic carboxylic acids is 1. The molecular formula is C31H28ClNO3S2. The van der Waals surface area contributed by atoms with Crippen molar-refractivity contribution in [2.24, 2.45) is 5.92 Å². The number of aromatic nitrogens is 1. The minimum absolute atomic E-state index is 0.0139. The van der Waals surface area contributed by atoms with Gasteiger partial charge in [0.05, 0.1) is 5.51 Å². The second-order valence-electron chi connectivity index (χ2n) is 9.22. The van der Waals surface area contributed by atoms with Gasteiger partial charge in [0.25, 0.3) is 0 Å². The van der Waals surface area contributed by atoms with Crippen LogP contribution in [0.5, 0.6) is 0 Å². The first kappa shape index (κ1) is 27.8. The van der Waals surface area contributed by atoms with E-state index in [9.17, 15) is 14.7 Å². The topological polar surface area (TPSA) is 67.3 Å². The predicted octanol–water partition coefficient (Wildman–Crippen LogP) is 8.52. The molecule has 0 saturated heterocycles. The van der Waals surface area contributed by atoms with Crippen LogP contribution in [0.25, 0.3) is 10.4 Å². The molecule has 7 heteroatoms. The fraction of sp³-hybridized carbons (Fsp3) is 0.258. The van der Waals surface area contributed by atoms with Gasteiger partial charge in [0.1, 0.15) is 16.9 Å². The zero-order chi connectivity index (χ0) is 27.1. The van der Waals surface area contributed by atoms with Crippen LogP contribution in [-0.2, 0) is 4.79 Å². The van der Waals surface area contributed by atoms with Crippen molar-refractivity contribution in [3.05, 3.63) is 97.8 Å². The zero-order valence-corrected chi connectivity index (χ0v) is 23.6. The van der Waals surface area contributed by atoms with E-state index in [4.69, 9.17) is 11.6 Å². The molecule has 0 amide bonds. The van der Waals surface area contributed by atoms with Crippen LogP contribution in [0, 0.1) is 17.8 Å². The maximum absolute atomic E-state index is 12.4. The van der Waals surface area contributed by atoms with Gasteiger partial charge in [-0.1, -0.05) is 62.1 Å². The summed E-state index contributed by atoms with van der Waals surface area (Å²) in [7, 11) is 0. The molecule has 0 bridgehead atoms. The normalized spacial score (nSPS) is 13.2. The largest absolute Gasteiger partial charge is 0.477 e. The first-order valence-electron chi connectivity index (χ1n) is 12.5. The molecule has 0 saturated carbocycles. The van der Waals surface area contributed by atoms with Gasteiger partial charge in [-0.3, -0.25) is 0 Å². The van der Waals surface area contributed by atoms with Crippen LogP contribution in [0.1, 0.15) is 77.0 Å². The lowest BCUT2D eigenvalue weighted by molar-refractivity contribution is -0.108. The lowest BCUT2D eigenvalue weighted by Crippen LogP contribution is -2.20. The number of halogens is 1. The molecule has 0 fully saturated rings. The fourth-order valence-electron chi connectivity index (χ4n) is 4.88. The highest BCUT2D eigenvalue weighted by molar-refractivity contribution is 7.17. The molecule has 4 aromatic rings. The number of benzene rings is 2. The van der Waals surface area contributed by atoms with Gasteiger partial charge in [-0.25, -0.2) is 9.78 Å². The molecule has 3 atom stereocenters. The van der Waals surface area contributed by atoms with Gasteiger partial charge in [-0.2, -0.15) is 0 Å². The third-order valence-corrected chi connectivity index (χ3v) is 8.83. The smallest absolute Gasteiger partial charge is 0.346 e. The zero-order valence-electron chi connectivity index (χ0n) is 21.2. The number of carbonyl (C=O) groups is 2. The van der Waals surface area contributed by atoms with Gasteiger partial charge >= 0.3 is 5.97 Å². The number of carboxylic acids is 1. The Labute approximate surface area is 236 Å². The quantitative estimate of drug-likeness (QED) is 0.156. The summed E-state index contributed by atoms with van der Waals surface area (Å²) < 4.78 is 0. The third-order valence-electron chi connectivity index (χ3n) is 6.81. The molecule has 194 valence electrons. The average Bonchev–Trinajstić information content (AvgIpc) is 3.60. The fourth-order valence-corrected chi connectivity index (χ4v) is 6.56. The van der Waals surface area contributed by atoms with E-state index in [2.05, 4.69) is 30.7 Å². The minimum atomic E-state index is -0.922. The van der Waals surface area contributed by atoms with Crippen molar-refractivity contribution < 1.29 is 14.7 Å². The van der Waals surface area contributed by atoms with Crippen molar-refractivity contribution in [1.29, 1.82) is 0 Å². The Morgan fingerprint density at radius 2 is 1.84 bits per heavy atom. The molecular weight excluding hydrogens is 534 g/mol. The Kier molecular flexibility index (Phi) is 9.52. The maximum Gasteiger partial charge on any atom is 0.346 e. The van der Waals surface area contributed by atoms with Gasteiger partial charge in [0.15, 0.2) is 0 Å². The average molecular weight is 562 g/mol. The van der Waals surface area contributed by atoms with Crippen LogP contribution in [-0.4, -0.2) is 22.3 Å². The third kappa shape index (κ3) is 6.60. The number of hydrogen-bond acceptors (Lipinski definition) is 5. The van der Waals surface area contributed by atoms with E-state index < -0.39 is 5.97 Å². The molecule has 38 heavy (non-hydrogen) atoms. The maximum atomic E-state index is 12.4. The molecule has 3 unspecified atom stereocenters. The summed E-state index contributed by atoms with van der Waals surface area (Å²) in [6, 6.07) is 17.5. The van der Waals surface area contributed by atoms with Gasteiger partial charge in [0.2, 0.25) is 0 Å². The summed E-state index contributed by atoms with van der Waals surface area (Å²) in [6.45, 7) is 4.23. The van der Waals surface area contributed by atoms with Crippen molar-refractivity contribution in [3.8, 4) is 22.3 Å². The second-order valence-corrected chi connectivity index (χ2v) is 11.4. The molecule has 2 aromatic heterocycles. The Morgan fingerprint density at radius 3 is 2.45 bits per heavy atom. The van der Waals surface area contributed by atoms with Gasteiger partial charge in [-0.15, -0.1) is 22.7 Å². The van der Waals surface area contributed by atoms with E-state index in [0.29, 0.717) is 16.3 Å². The molecule has 0 aliphatic heterocycles. The Morgan fingerprint density at radius 1 is 1.11 bits per heavy atom. The molecule has 0 spiro atoms. The minimum Gasteiger partial charge on any atom is -0.477 e. The molecule has 0 radical (unpaired) electrons. The number of thiophene rings is 1. The van der Waals surface area contributed by atoms with Gasteiger partial charge in [0, 0.05) is 27.3 Å². The molecule has 0 aliphatic carbocycles. The van der Waals surface area contributed by atoms with E-state index in [1.807, 2.05) is 60.0 Å². The first-order chi connectivity index (χ1) is 18.4. The van der Waals surface area contributed by atoms with Crippen molar-refractivity contribution in [1.82, 2.24) is 4.98 Å². The van der Waals surface area contributed by atoms with Crippen molar-refractivity contribution >= 4 is 46.5 Å². The molecule has 1 N–H and O–H groups in total. The predicted molar refractivity (Wildman–Crippen MR) is 156 cm³/mol. The number of rotatable bonds is 10. The van der Waals surface area contributed by atoms with Crippen LogP contribution in [0.4, 0.5) is 0 Å². The highest BCUT2D eigenvalue weighted by Crippen LogP contribution is 2.45. The van der Waals surface area contributed by atoms with Crippen LogP contribution in [0.3, 0.4) is 0 Å². The number of aldehydes is 1. The lowest BCUT2D eigenvalue weighted by atomic mass is 9.73. The van der Waals surface area contributed by atoms with E-state index in [1.54, 1.807) is 5.51 Å². The summed E-state index contributed by atoms with van der Waals surface area (Å²) in [5.41, 5.74) is 6.20. The second kappa shape index (κ2) is 13.0. The lowest BCUT2D eigenvalue weighted by Gasteiger charge is -2.31. The summed E-state index contributed by atoms with van der Waals surface area (Å²) >= 11 is 8.92. The van der Waals surface area contributed by atoms with Gasteiger partial charge < -0.3 is 9.90 Å². The van der Waals surface area contributed by atoms with E-state index in [-0.39, 0.29) is 17.8 Å². The highest BCUT2D eigenvalue weighted by atomic mass is 35.5. The van der Waals surface area contributed by atoms with Crippen LogP contribution in [0.2, 0.25) is 5.02 Å². The summed E-state index contributed by atoms with van der Waals surface area (Å²) in [5, 5.41) is 12.7. The molecule has 2 heterocycles. The van der Waals surface area contributed by atoms with E-state index in [0.717, 1.165) is 52.0 Å². The Balaban J connectivity index is 1.67. The number of carboxylic acid groups (broad SMARTS) is 1. The van der Waals surface area contributed by atoms with Crippen molar-refractivity contribution in [2.75, 3.05) is 0 Å². The number of carbonyl (C=O) groups excluding carboxylic acids is 1. The molecule has 4 rings (SSSR count). The number of thiazole rings is 1. The van der Waals surface area contributed by atoms with Crippen molar-refractivity contribution in [3.63, 3.8) is 0 Å². The Bertz CT molecular complexity index is 1430. The monoisotopic (exact) mass is 561 g/mol. The standard InChI is InChI=1S/C31H28ClNO3S2/c1-3-4-27(20(2)26(15-16-34)22-10-12-24(32)13-11-22)28-17-29(38-30(28)31(35)36)23-8-5-21(6-9-23)7-14-25-18-37-19-33-25/h5-6,8-13,16-20,26-27H,3-4,15H2,1-2H3,(H,35,36). The van der Waals surface area contributed by atoms with E-state index >= 15 is 0 Å². The molecule has 0 aliphatic rings. The molecule has 4 nitrogen and oxygen atoms in total. The van der Waals surface area contributed by atoms with E-state index in [1.165, 1.54) is 22.7 Å². The number of hydrogen-bond donors (Lipinski definition) is 1. The van der Waals surface area contributed by atoms with Crippen LogP contribution >= 0.6 is 34.3 Å².